The van der Waals surface area contributed by atoms with E-state index in [0.29, 0.717) is 37.0 Å². The first kappa shape index (κ1) is 12.9. The molecule has 0 radical (unpaired) electrons. The minimum absolute atomic E-state index is 0. The molecule has 4 fully saturated rings. The molecule has 0 aromatic rings. The Bertz CT molecular complexity index is 229. The third kappa shape index (κ3) is 2.01. The Hall–Kier alpha value is 1.49. The first-order chi connectivity index (χ1) is 6.48. The second-order valence-corrected chi connectivity index (χ2v) is 5.85. The summed E-state index contributed by atoms with van der Waals surface area (Å²) in [7, 11) is 0. The van der Waals surface area contributed by atoms with Gasteiger partial charge in [0.05, 0.1) is 0 Å². The zero-order valence-corrected chi connectivity index (χ0v) is 12.3. The third-order valence-electron chi connectivity index (χ3n) is 4.78. The third-order valence-corrected chi connectivity index (χ3v) is 4.78. The van der Waals surface area contributed by atoms with Crippen LogP contribution in [0.4, 0.5) is 12.9 Å². The van der Waals surface area contributed by atoms with Gasteiger partial charge < -0.3 is 12.9 Å². The molecule has 0 nitrogen and oxygen atoms in total. The van der Waals surface area contributed by atoms with Crippen molar-refractivity contribution in [2.45, 2.75) is 43.8 Å². The average molecular weight is 242 g/mol. The normalized spacial score (nSPS) is 47.8. The van der Waals surface area contributed by atoms with Crippen molar-refractivity contribution in [1.29, 1.82) is 0 Å². The van der Waals surface area contributed by atoms with Crippen LogP contribution in [0.5, 0.6) is 0 Å². The Morgan fingerprint density at radius 3 is 1.40 bits per heavy atom. The summed E-state index contributed by atoms with van der Waals surface area (Å²) in [5.74, 6) is 1.22. The second kappa shape index (κ2) is 4.01. The minimum Gasteiger partial charge on any atom is -0.449 e. The topological polar surface area (TPSA) is 0 Å². The second-order valence-electron chi connectivity index (χ2n) is 5.85. The van der Waals surface area contributed by atoms with Crippen LogP contribution >= 0.6 is 0 Å². The summed E-state index contributed by atoms with van der Waals surface area (Å²) in [5.41, 5.74) is 0. The fourth-order valence-corrected chi connectivity index (χ4v) is 4.58. The number of hydrogen-bond donors (Lipinski definition) is 0. The average Bonchev–Trinajstić information content (AvgIpc) is 1.98. The molecule has 4 rings (SSSR count). The van der Waals surface area contributed by atoms with Gasteiger partial charge in [0.2, 0.25) is 0 Å². The van der Waals surface area contributed by atoms with E-state index < -0.39 is 12.3 Å². The molecule has 4 bridgehead atoms. The van der Waals surface area contributed by atoms with Crippen molar-refractivity contribution < 1.29 is 64.3 Å². The van der Waals surface area contributed by atoms with Gasteiger partial charge >= 0.3 is 58.4 Å². The number of halogens is 3. The van der Waals surface area contributed by atoms with E-state index >= 15 is 0 Å². The van der Waals surface area contributed by atoms with Gasteiger partial charge in [-0.2, -0.15) is 0 Å². The van der Waals surface area contributed by atoms with E-state index in [1.54, 1.807) is 0 Å². The van der Waals surface area contributed by atoms with Crippen LogP contribution in [-0.2, 0) is 0 Å². The molecule has 0 saturated heterocycles. The maximum Gasteiger partial charge on any atom is 1.00 e. The molecule has 4 saturated carbocycles. The molecule has 0 amide bonds. The Balaban J connectivity index is 0.000000853. The molecule has 0 unspecified atom stereocenters. The Labute approximate surface area is 131 Å². The smallest absolute Gasteiger partial charge is 0.449 e. The summed E-state index contributed by atoms with van der Waals surface area (Å²) >= 11 is 0. The molecular weight excluding hydrogens is 227 g/mol. The van der Waals surface area contributed by atoms with E-state index in [0.717, 1.165) is 19.3 Å². The SMILES string of the molecule is F[B-](F)(F)C12CC3CC(CC(C3)C1)C2.[K+]. The molecule has 0 aliphatic heterocycles. The van der Waals surface area contributed by atoms with Crippen molar-refractivity contribution in [3.05, 3.63) is 0 Å². The van der Waals surface area contributed by atoms with Crippen LogP contribution in [0, 0.1) is 17.8 Å². The largest absolute Gasteiger partial charge is 1.00 e. The summed E-state index contributed by atoms with van der Waals surface area (Å²) in [5, 5.41) is -1.20. The molecule has 4 aliphatic rings. The van der Waals surface area contributed by atoms with E-state index in [1.165, 1.54) is 0 Å². The fourth-order valence-electron chi connectivity index (χ4n) is 4.58. The minimum atomic E-state index is -4.60. The van der Waals surface area contributed by atoms with Gasteiger partial charge in [0.15, 0.2) is 0 Å². The molecule has 15 heavy (non-hydrogen) atoms. The van der Waals surface area contributed by atoms with Crippen molar-refractivity contribution in [3.63, 3.8) is 0 Å². The molecule has 0 aromatic carbocycles. The van der Waals surface area contributed by atoms with Gasteiger partial charge in [-0.05, 0) is 37.0 Å². The summed E-state index contributed by atoms with van der Waals surface area (Å²) in [6, 6.07) is 0. The van der Waals surface area contributed by atoms with Crippen molar-refractivity contribution in [1.82, 2.24) is 0 Å². The molecule has 0 N–H and O–H groups in total. The Morgan fingerprint density at radius 1 is 0.800 bits per heavy atom. The van der Waals surface area contributed by atoms with E-state index in [9.17, 15) is 12.9 Å². The zero-order chi connectivity index (χ0) is 9.97. The van der Waals surface area contributed by atoms with Gasteiger partial charge in [-0.1, -0.05) is 24.6 Å². The maximum absolute atomic E-state index is 13.1. The summed E-state index contributed by atoms with van der Waals surface area (Å²) in [4.78, 5) is 0. The van der Waals surface area contributed by atoms with Gasteiger partial charge in [-0.25, -0.2) is 0 Å². The van der Waals surface area contributed by atoms with Crippen LogP contribution in [0.15, 0.2) is 0 Å². The van der Waals surface area contributed by atoms with E-state index in [2.05, 4.69) is 0 Å². The Kier molecular flexibility index (Phi) is 3.46. The van der Waals surface area contributed by atoms with Gasteiger partial charge in [0, 0.05) is 0 Å². The zero-order valence-electron chi connectivity index (χ0n) is 9.19. The van der Waals surface area contributed by atoms with E-state index in [1.807, 2.05) is 0 Å². The molecule has 4 aliphatic carbocycles. The van der Waals surface area contributed by atoms with Gasteiger partial charge in [-0.3, -0.25) is 0 Å². The van der Waals surface area contributed by atoms with Crippen molar-refractivity contribution >= 4 is 6.98 Å². The van der Waals surface area contributed by atoms with E-state index in [-0.39, 0.29) is 51.4 Å². The quantitative estimate of drug-likeness (QED) is 0.597. The first-order valence-corrected chi connectivity index (χ1v) is 5.68. The molecule has 80 valence electrons. The summed E-state index contributed by atoms with van der Waals surface area (Å²) in [6.07, 6.45) is 4.65. The van der Waals surface area contributed by atoms with Crippen LogP contribution in [-0.4, -0.2) is 6.98 Å². The first-order valence-electron chi connectivity index (χ1n) is 5.68. The molecule has 0 atom stereocenters. The van der Waals surface area contributed by atoms with E-state index in [4.69, 9.17) is 0 Å². The summed E-state index contributed by atoms with van der Waals surface area (Å²) < 4.78 is 39.2. The van der Waals surface area contributed by atoms with Gasteiger partial charge in [0.25, 0.3) is 0 Å². The predicted molar refractivity (Wildman–Crippen MR) is 49.9 cm³/mol. The maximum atomic E-state index is 13.1. The van der Waals surface area contributed by atoms with Crippen LogP contribution in [0.2, 0.25) is 5.31 Å². The monoisotopic (exact) mass is 242 g/mol. The molecule has 0 aromatic heterocycles. The van der Waals surface area contributed by atoms with Crippen molar-refractivity contribution in [2.75, 3.05) is 0 Å². The van der Waals surface area contributed by atoms with Crippen molar-refractivity contribution in [2.24, 2.45) is 17.8 Å². The fraction of sp³-hybridized carbons (Fsp3) is 1.00. The van der Waals surface area contributed by atoms with Crippen LogP contribution in [0.25, 0.3) is 0 Å². The van der Waals surface area contributed by atoms with Crippen LogP contribution in [0.1, 0.15) is 38.5 Å². The predicted octanol–water partition coefficient (Wildman–Crippen LogP) is 0.808. The standard InChI is InChI=1S/C10H15BF3.K/c12-11(13,14)10-4-7-1-8(5-10)3-9(2-7)6-10;/h7-9H,1-6H2;/q-1;+1. The molecule has 5 heteroatoms. The van der Waals surface area contributed by atoms with Crippen LogP contribution < -0.4 is 51.4 Å². The molecular formula is C10H15BF3K. The number of hydrogen-bond acceptors (Lipinski definition) is 0. The summed E-state index contributed by atoms with van der Waals surface area (Å²) in [6.45, 7) is -4.60. The molecule has 0 spiro atoms. The van der Waals surface area contributed by atoms with Gasteiger partial charge in [0.1, 0.15) is 0 Å². The van der Waals surface area contributed by atoms with Gasteiger partial charge in [-0.15, -0.1) is 0 Å². The van der Waals surface area contributed by atoms with Crippen molar-refractivity contribution in [3.8, 4) is 0 Å². The number of rotatable bonds is 1. The molecule has 0 heterocycles. The Morgan fingerprint density at radius 2 is 1.13 bits per heavy atom. The van der Waals surface area contributed by atoms with Crippen LogP contribution in [0.3, 0.4) is 0 Å².